The number of hydrogen-bond acceptors (Lipinski definition) is 7. The molecule has 4 N–H and O–H groups in total. The molecule has 0 saturated heterocycles. The molecule has 0 saturated carbocycles. The number of hydroxylamine groups is 1. The second kappa shape index (κ2) is 5.05. The molecule has 0 bridgehead atoms. The molecule has 1 aliphatic heterocycles. The number of nitrogens with two attached hydrogens (primary N) is 1. The van der Waals surface area contributed by atoms with Gasteiger partial charge in [-0.15, -0.1) is 0 Å². The Kier molecular flexibility index (Phi) is 3.69. The van der Waals surface area contributed by atoms with Crippen molar-refractivity contribution in [3.8, 4) is 0 Å². The third kappa shape index (κ3) is 2.59. The fraction of sp³-hybridized carbons (Fsp3) is 0.222. The van der Waals surface area contributed by atoms with Gasteiger partial charge in [0, 0.05) is 6.07 Å². The van der Waals surface area contributed by atoms with Crippen LogP contribution in [0, 0.1) is 10.1 Å². The van der Waals surface area contributed by atoms with Crippen LogP contribution in [0.4, 0.5) is 24.5 Å². The largest absolute Gasteiger partial charge is 0.416 e. The number of alkyl halides is 3. The highest BCUT2D eigenvalue weighted by Crippen LogP contribution is 2.49. The van der Waals surface area contributed by atoms with E-state index in [1.54, 1.807) is 5.43 Å². The summed E-state index contributed by atoms with van der Waals surface area (Å²) in [4.78, 5) is 21.0. The summed E-state index contributed by atoms with van der Waals surface area (Å²) < 4.78 is 38.2. The molecule has 8 nitrogen and oxygen atoms in total. The van der Waals surface area contributed by atoms with Crippen molar-refractivity contribution in [2.75, 3.05) is 5.06 Å². The van der Waals surface area contributed by atoms with Crippen LogP contribution in [0.5, 0.6) is 0 Å². The predicted molar refractivity (Wildman–Crippen MR) is 64.3 cm³/mol. The molecule has 114 valence electrons. The quantitative estimate of drug-likeness (QED) is 0.324. The zero-order chi connectivity index (χ0) is 15.9. The summed E-state index contributed by atoms with van der Waals surface area (Å²) in [5.41, 5.74) is -0.920. The molecule has 1 heterocycles. The highest BCUT2D eigenvalue weighted by Gasteiger charge is 2.42. The zero-order valence-electron chi connectivity index (χ0n) is 9.92. The number of halogens is 3. The third-order valence-corrected chi connectivity index (χ3v) is 3.93. The molecule has 1 aliphatic rings. The Morgan fingerprint density at radius 1 is 1.52 bits per heavy atom. The summed E-state index contributed by atoms with van der Waals surface area (Å²) in [7, 11) is 0. The van der Waals surface area contributed by atoms with Gasteiger partial charge in [-0.2, -0.15) is 13.2 Å². The van der Waals surface area contributed by atoms with Crippen LogP contribution in [0.3, 0.4) is 0 Å². The van der Waals surface area contributed by atoms with Crippen molar-refractivity contribution < 1.29 is 28.1 Å². The van der Waals surface area contributed by atoms with E-state index in [4.69, 9.17) is 5.84 Å². The van der Waals surface area contributed by atoms with Crippen molar-refractivity contribution >= 4 is 29.0 Å². The first-order valence-electron chi connectivity index (χ1n) is 5.21. The van der Waals surface area contributed by atoms with Gasteiger partial charge in [-0.05, 0) is 6.07 Å². The number of nitrogens with zero attached hydrogens (tertiary/aromatic N) is 2. The SMILES string of the molecule is NNC(=O)C1Sc2c(cc(C(F)(F)F)cc2[N+](=O)[O-])N1O. The lowest BCUT2D eigenvalue weighted by atomic mass is 10.1. The zero-order valence-corrected chi connectivity index (χ0v) is 10.7. The number of benzene rings is 1. The van der Waals surface area contributed by atoms with E-state index in [-0.39, 0.29) is 9.96 Å². The molecule has 21 heavy (non-hydrogen) atoms. The van der Waals surface area contributed by atoms with Gasteiger partial charge in [0.2, 0.25) is 0 Å². The van der Waals surface area contributed by atoms with Crippen molar-refractivity contribution in [2.45, 2.75) is 16.4 Å². The van der Waals surface area contributed by atoms with Gasteiger partial charge in [-0.25, -0.2) is 10.9 Å². The minimum absolute atomic E-state index is 0.213. The summed E-state index contributed by atoms with van der Waals surface area (Å²) >= 11 is 0.526. The Bertz CT molecular complexity index is 624. The van der Waals surface area contributed by atoms with Crippen molar-refractivity contribution in [3.63, 3.8) is 0 Å². The third-order valence-electron chi connectivity index (χ3n) is 2.64. The van der Waals surface area contributed by atoms with Gasteiger partial charge in [-0.3, -0.25) is 25.5 Å². The van der Waals surface area contributed by atoms with Crippen LogP contribution in [0.1, 0.15) is 5.56 Å². The van der Waals surface area contributed by atoms with Gasteiger partial charge in [-0.1, -0.05) is 11.8 Å². The molecule has 1 atom stereocenters. The lowest BCUT2D eigenvalue weighted by Gasteiger charge is -2.17. The molecular weight excluding hydrogens is 317 g/mol. The molecule has 0 radical (unpaired) electrons. The summed E-state index contributed by atoms with van der Waals surface area (Å²) in [6.07, 6.45) is -4.83. The fourth-order valence-corrected chi connectivity index (χ4v) is 2.85. The molecule has 1 aromatic carbocycles. The van der Waals surface area contributed by atoms with E-state index in [0.29, 0.717) is 23.9 Å². The van der Waals surface area contributed by atoms with E-state index >= 15 is 0 Å². The lowest BCUT2D eigenvalue weighted by molar-refractivity contribution is -0.387. The maximum absolute atomic E-state index is 12.7. The number of amides is 1. The Balaban J connectivity index is 2.59. The average molecular weight is 324 g/mol. The van der Waals surface area contributed by atoms with Crippen LogP contribution in [0.15, 0.2) is 17.0 Å². The lowest BCUT2D eigenvalue weighted by Crippen LogP contribution is -2.44. The van der Waals surface area contributed by atoms with Crippen LogP contribution in [0.25, 0.3) is 0 Å². The first kappa shape index (κ1) is 15.3. The smallest absolute Gasteiger partial charge is 0.292 e. The fourth-order valence-electron chi connectivity index (χ4n) is 1.71. The Labute approximate surface area is 118 Å². The van der Waals surface area contributed by atoms with Crippen LogP contribution >= 0.6 is 11.8 Å². The van der Waals surface area contributed by atoms with Gasteiger partial charge < -0.3 is 0 Å². The molecule has 1 aromatic rings. The number of carbonyl (C=O) groups is 1. The number of thioether (sulfide) groups is 1. The normalized spacial score (nSPS) is 17.6. The number of fused-ring (bicyclic) bond motifs is 1. The van der Waals surface area contributed by atoms with E-state index in [1.165, 1.54) is 0 Å². The second-order valence-corrected chi connectivity index (χ2v) is 5.01. The Hall–Kier alpha value is -2.05. The number of nitrogens with one attached hydrogen (secondary N) is 1. The Morgan fingerprint density at radius 3 is 2.62 bits per heavy atom. The van der Waals surface area contributed by atoms with Gasteiger partial charge in [0.05, 0.1) is 16.2 Å². The second-order valence-electron chi connectivity index (χ2n) is 3.92. The molecule has 1 unspecified atom stereocenters. The predicted octanol–water partition coefficient (Wildman–Crippen LogP) is 1.23. The molecule has 12 heteroatoms. The summed E-state index contributed by atoms with van der Waals surface area (Å²) in [6, 6.07) is 0.877. The van der Waals surface area contributed by atoms with Crippen LogP contribution in [-0.2, 0) is 11.0 Å². The standard InChI is InChI=1S/C9H7F3N4O4S/c10-9(11,12)3-1-4-6(5(2-3)16(19)20)21-8(15(4)18)7(17)14-13/h1-2,8,18H,13H2,(H,14,17). The summed E-state index contributed by atoms with van der Waals surface area (Å²) in [5.74, 6) is 3.97. The number of nitro groups is 1. The first-order valence-corrected chi connectivity index (χ1v) is 6.09. The van der Waals surface area contributed by atoms with Gasteiger partial charge in [0.1, 0.15) is 4.90 Å². The number of anilines is 1. The topological polar surface area (TPSA) is 122 Å². The highest BCUT2D eigenvalue weighted by molar-refractivity contribution is 8.01. The van der Waals surface area contributed by atoms with Gasteiger partial charge in [0.15, 0.2) is 5.37 Å². The number of carbonyl (C=O) groups excluding carboxylic acids is 1. The molecule has 2 rings (SSSR count). The molecule has 1 amide bonds. The minimum Gasteiger partial charge on any atom is -0.292 e. The van der Waals surface area contributed by atoms with E-state index in [9.17, 15) is 33.3 Å². The molecule has 0 aliphatic carbocycles. The summed E-state index contributed by atoms with van der Waals surface area (Å²) in [5, 5.41) is 19.4. The highest BCUT2D eigenvalue weighted by atomic mass is 32.2. The van der Waals surface area contributed by atoms with Crippen LogP contribution in [-0.4, -0.2) is 21.4 Å². The van der Waals surface area contributed by atoms with Crippen molar-refractivity contribution in [1.29, 1.82) is 0 Å². The van der Waals surface area contributed by atoms with E-state index < -0.39 is 39.3 Å². The summed E-state index contributed by atoms with van der Waals surface area (Å²) in [6.45, 7) is 0. The van der Waals surface area contributed by atoms with E-state index in [1.807, 2.05) is 0 Å². The van der Waals surface area contributed by atoms with Crippen LogP contribution < -0.4 is 16.3 Å². The monoisotopic (exact) mass is 324 g/mol. The van der Waals surface area contributed by atoms with Gasteiger partial charge in [0.25, 0.3) is 11.6 Å². The Morgan fingerprint density at radius 2 is 2.14 bits per heavy atom. The molecular formula is C9H7F3N4O4S. The van der Waals surface area contributed by atoms with Gasteiger partial charge >= 0.3 is 6.18 Å². The first-order chi connectivity index (χ1) is 9.66. The maximum atomic E-state index is 12.7. The van der Waals surface area contributed by atoms with Crippen LogP contribution in [0.2, 0.25) is 0 Å². The number of rotatable bonds is 2. The number of hydrazine groups is 1. The molecule has 0 aromatic heterocycles. The number of hydrogen-bond donors (Lipinski definition) is 3. The molecule has 0 spiro atoms. The van der Waals surface area contributed by atoms with Crippen molar-refractivity contribution in [3.05, 3.63) is 27.8 Å². The molecule has 0 fully saturated rings. The van der Waals surface area contributed by atoms with Crippen molar-refractivity contribution in [1.82, 2.24) is 5.43 Å². The maximum Gasteiger partial charge on any atom is 0.416 e. The van der Waals surface area contributed by atoms with Crippen molar-refractivity contribution in [2.24, 2.45) is 5.84 Å². The number of nitro benzene ring substituents is 1. The average Bonchev–Trinajstić information content (AvgIpc) is 2.73. The van der Waals surface area contributed by atoms with E-state index in [2.05, 4.69) is 0 Å². The minimum atomic E-state index is -4.83. The van der Waals surface area contributed by atoms with E-state index in [0.717, 1.165) is 0 Å².